The van der Waals surface area contributed by atoms with Crippen molar-refractivity contribution in [1.82, 2.24) is 14.8 Å². The van der Waals surface area contributed by atoms with E-state index in [0.29, 0.717) is 30.4 Å². The fourth-order valence-electron chi connectivity index (χ4n) is 2.11. The van der Waals surface area contributed by atoms with Gasteiger partial charge < -0.3 is 9.30 Å². The second-order valence-electron chi connectivity index (χ2n) is 4.16. The summed E-state index contributed by atoms with van der Waals surface area (Å²) in [6.07, 6.45) is 0. The molecule has 112 valence electrons. The van der Waals surface area contributed by atoms with Crippen molar-refractivity contribution in [3.8, 4) is 17.1 Å². The summed E-state index contributed by atoms with van der Waals surface area (Å²) in [5, 5.41) is 19.3. The van der Waals surface area contributed by atoms with Crippen LogP contribution in [0.1, 0.15) is 19.7 Å². The highest BCUT2D eigenvalue weighted by molar-refractivity contribution is 6.16. The zero-order valence-corrected chi connectivity index (χ0v) is 12.5. The minimum atomic E-state index is -0.469. The zero-order valence-electron chi connectivity index (χ0n) is 11.7. The number of halogens is 1. The molecule has 0 amide bonds. The zero-order chi connectivity index (χ0) is 15.4. The van der Waals surface area contributed by atoms with Gasteiger partial charge in [-0.05, 0) is 19.9 Å². The van der Waals surface area contributed by atoms with Crippen LogP contribution in [0.15, 0.2) is 18.2 Å². The van der Waals surface area contributed by atoms with Crippen LogP contribution in [0.4, 0.5) is 5.69 Å². The van der Waals surface area contributed by atoms with Crippen LogP contribution in [-0.2, 0) is 12.4 Å². The van der Waals surface area contributed by atoms with Gasteiger partial charge in [0.15, 0.2) is 5.82 Å². The van der Waals surface area contributed by atoms with Crippen LogP contribution in [0.5, 0.6) is 5.75 Å². The van der Waals surface area contributed by atoms with Gasteiger partial charge in [0.25, 0.3) is 0 Å². The topological polar surface area (TPSA) is 83.1 Å². The first kappa shape index (κ1) is 15.2. The van der Waals surface area contributed by atoms with E-state index in [1.807, 2.05) is 11.5 Å². The maximum atomic E-state index is 11.2. The monoisotopic (exact) mass is 310 g/mol. The highest BCUT2D eigenvalue weighted by Crippen LogP contribution is 2.37. The lowest BCUT2D eigenvalue weighted by Gasteiger charge is -2.11. The average molecular weight is 311 g/mol. The summed E-state index contributed by atoms with van der Waals surface area (Å²) < 4.78 is 7.28. The van der Waals surface area contributed by atoms with Crippen LogP contribution in [0.3, 0.4) is 0 Å². The standard InChI is InChI=1S/C13H15ClN4O3/c1-3-17-11(8-14)15-16-13(17)9-6-5-7-10(18(19)20)12(9)21-4-2/h5-7H,3-4,8H2,1-2H3. The predicted molar refractivity (Wildman–Crippen MR) is 78.5 cm³/mol. The first-order chi connectivity index (χ1) is 10.1. The van der Waals surface area contributed by atoms with E-state index in [2.05, 4.69) is 10.2 Å². The lowest BCUT2D eigenvalue weighted by Crippen LogP contribution is -2.05. The highest BCUT2D eigenvalue weighted by atomic mass is 35.5. The number of benzene rings is 1. The van der Waals surface area contributed by atoms with Gasteiger partial charge in [0.2, 0.25) is 5.75 Å². The number of rotatable bonds is 6. The van der Waals surface area contributed by atoms with Gasteiger partial charge >= 0.3 is 5.69 Å². The van der Waals surface area contributed by atoms with E-state index in [9.17, 15) is 10.1 Å². The fourth-order valence-corrected chi connectivity index (χ4v) is 2.30. The molecule has 0 N–H and O–H groups in total. The molecule has 0 fully saturated rings. The summed E-state index contributed by atoms with van der Waals surface area (Å²) in [5.41, 5.74) is 0.448. The Hall–Kier alpha value is -2.15. The van der Waals surface area contributed by atoms with Crippen LogP contribution < -0.4 is 4.74 Å². The Kier molecular flexibility index (Phi) is 4.74. The third kappa shape index (κ3) is 2.82. The van der Waals surface area contributed by atoms with Gasteiger partial charge in [-0.25, -0.2) is 0 Å². The summed E-state index contributed by atoms with van der Waals surface area (Å²) in [6.45, 7) is 4.63. The second-order valence-corrected chi connectivity index (χ2v) is 4.43. The number of hydrogen-bond donors (Lipinski definition) is 0. The molecule has 8 heteroatoms. The fraction of sp³-hybridized carbons (Fsp3) is 0.385. The van der Waals surface area contributed by atoms with Crippen molar-refractivity contribution >= 4 is 17.3 Å². The molecule has 0 spiro atoms. The van der Waals surface area contributed by atoms with Gasteiger partial charge in [0.05, 0.1) is 23.0 Å². The van der Waals surface area contributed by atoms with E-state index >= 15 is 0 Å². The van der Waals surface area contributed by atoms with E-state index < -0.39 is 4.92 Å². The largest absolute Gasteiger partial charge is 0.487 e. The summed E-state index contributed by atoms with van der Waals surface area (Å²) in [6, 6.07) is 4.74. The van der Waals surface area contributed by atoms with Crippen molar-refractivity contribution in [2.75, 3.05) is 6.61 Å². The maximum absolute atomic E-state index is 11.2. The second kappa shape index (κ2) is 6.53. The molecule has 0 bridgehead atoms. The summed E-state index contributed by atoms with van der Waals surface area (Å²) in [5.74, 6) is 1.55. The molecule has 0 aliphatic rings. The smallest absolute Gasteiger partial charge is 0.311 e. The molecule has 2 aromatic rings. The number of nitrogens with zero attached hydrogens (tertiary/aromatic N) is 4. The molecular weight excluding hydrogens is 296 g/mol. The van der Waals surface area contributed by atoms with Crippen molar-refractivity contribution in [2.45, 2.75) is 26.3 Å². The lowest BCUT2D eigenvalue weighted by molar-refractivity contribution is -0.385. The highest BCUT2D eigenvalue weighted by Gasteiger charge is 2.23. The predicted octanol–water partition coefficient (Wildman–Crippen LogP) is 3.01. The molecule has 21 heavy (non-hydrogen) atoms. The molecule has 0 unspecified atom stereocenters. The van der Waals surface area contributed by atoms with Crippen molar-refractivity contribution < 1.29 is 9.66 Å². The van der Waals surface area contributed by atoms with E-state index in [-0.39, 0.29) is 17.3 Å². The Morgan fingerprint density at radius 3 is 2.71 bits per heavy atom. The number of para-hydroxylation sites is 1. The minimum absolute atomic E-state index is 0.0903. The third-order valence-electron chi connectivity index (χ3n) is 2.98. The molecular formula is C13H15ClN4O3. The number of hydrogen-bond acceptors (Lipinski definition) is 5. The molecule has 0 atom stereocenters. The third-order valence-corrected chi connectivity index (χ3v) is 3.22. The van der Waals surface area contributed by atoms with Crippen LogP contribution in [0.25, 0.3) is 11.4 Å². The summed E-state index contributed by atoms with van der Waals surface area (Å²) in [7, 11) is 0. The first-order valence-corrected chi connectivity index (χ1v) is 7.06. The van der Waals surface area contributed by atoms with Gasteiger partial charge in [0, 0.05) is 12.6 Å². The SMILES string of the molecule is CCOc1c(-c2nnc(CCl)n2CC)cccc1[N+](=O)[O-]. The number of ether oxygens (including phenoxy) is 1. The molecule has 2 rings (SSSR count). The maximum Gasteiger partial charge on any atom is 0.311 e. The van der Waals surface area contributed by atoms with Crippen molar-refractivity contribution in [3.05, 3.63) is 34.1 Å². The van der Waals surface area contributed by atoms with Gasteiger partial charge in [-0.1, -0.05) is 6.07 Å². The van der Waals surface area contributed by atoms with Gasteiger partial charge in [-0.3, -0.25) is 10.1 Å². The molecule has 1 heterocycles. The quantitative estimate of drug-likeness (QED) is 0.465. The van der Waals surface area contributed by atoms with E-state index in [0.717, 1.165) is 0 Å². The van der Waals surface area contributed by atoms with Crippen LogP contribution in [0.2, 0.25) is 0 Å². The molecule has 0 aliphatic heterocycles. The Balaban J connectivity index is 2.66. The van der Waals surface area contributed by atoms with E-state index in [1.54, 1.807) is 19.1 Å². The normalized spacial score (nSPS) is 10.6. The summed E-state index contributed by atoms with van der Waals surface area (Å²) in [4.78, 5) is 10.7. The molecule has 1 aromatic carbocycles. The number of alkyl halides is 1. The van der Waals surface area contributed by atoms with Crippen LogP contribution in [0, 0.1) is 10.1 Å². The molecule has 0 radical (unpaired) electrons. The Morgan fingerprint density at radius 2 is 2.14 bits per heavy atom. The lowest BCUT2D eigenvalue weighted by atomic mass is 10.1. The molecule has 0 saturated heterocycles. The minimum Gasteiger partial charge on any atom is -0.487 e. The Morgan fingerprint density at radius 1 is 1.38 bits per heavy atom. The van der Waals surface area contributed by atoms with Gasteiger partial charge in [-0.2, -0.15) is 0 Å². The van der Waals surface area contributed by atoms with E-state index in [4.69, 9.17) is 16.3 Å². The number of nitro benzene ring substituents is 1. The van der Waals surface area contributed by atoms with Crippen LogP contribution in [-0.4, -0.2) is 26.3 Å². The Bertz CT molecular complexity index is 657. The van der Waals surface area contributed by atoms with Crippen LogP contribution >= 0.6 is 11.6 Å². The molecule has 1 aromatic heterocycles. The van der Waals surface area contributed by atoms with Gasteiger partial charge in [0.1, 0.15) is 5.82 Å². The molecule has 7 nitrogen and oxygen atoms in total. The van der Waals surface area contributed by atoms with Crippen molar-refractivity contribution in [1.29, 1.82) is 0 Å². The Labute approximate surface area is 126 Å². The van der Waals surface area contributed by atoms with Crippen molar-refractivity contribution in [3.63, 3.8) is 0 Å². The number of nitro groups is 1. The first-order valence-electron chi connectivity index (χ1n) is 6.52. The molecule has 0 saturated carbocycles. The van der Waals surface area contributed by atoms with E-state index in [1.165, 1.54) is 6.07 Å². The number of aromatic nitrogens is 3. The average Bonchev–Trinajstić information content (AvgIpc) is 2.90. The van der Waals surface area contributed by atoms with Crippen molar-refractivity contribution in [2.24, 2.45) is 0 Å². The van der Waals surface area contributed by atoms with Gasteiger partial charge in [-0.15, -0.1) is 21.8 Å². The molecule has 0 aliphatic carbocycles. The summed E-state index contributed by atoms with van der Waals surface area (Å²) >= 11 is 5.83.